The Morgan fingerprint density at radius 3 is 2.27 bits per heavy atom. The van der Waals surface area contributed by atoms with E-state index in [2.05, 4.69) is 39.9 Å². The molecule has 1 aliphatic heterocycles. The molecule has 2 aromatic carbocycles. The Morgan fingerprint density at radius 1 is 1.00 bits per heavy atom. The van der Waals surface area contributed by atoms with Crippen LogP contribution in [0.4, 0.5) is 0 Å². The van der Waals surface area contributed by atoms with Crippen LogP contribution in [0.25, 0.3) is 0 Å². The van der Waals surface area contributed by atoms with Crippen molar-refractivity contribution in [3.8, 4) is 0 Å². The van der Waals surface area contributed by atoms with Crippen LogP contribution in [0.1, 0.15) is 24.8 Å². The first-order valence-corrected chi connectivity index (χ1v) is 12.1. The molecule has 6 nitrogen and oxygen atoms in total. The normalized spacial score (nSPS) is 16.4. The van der Waals surface area contributed by atoms with E-state index in [1.54, 1.807) is 35.6 Å². The number of piperidine rings is 1. The van der Waals surface area contributed by atoms with Gasteiger partial charge in [0.15, 0.2) is 5.96 Å². The number of hydrogen-bond acceptors (Lipinski definition) is 3. The van der Waals surface area contributed by atoms with Crippen LogP contribution in [0.5, 0.6) is 0 Å². The zero-order valence-corrected chi connectivity index (χ0v) is 18.4. The second kappa shape index (κ2) is 11.1. The van der Waals surface area contributed by atoms with Gasteiger partial charge in [-0.1, -0.05) is 48.5 Å². The number of hydrogen-bond donors (Lipinski definition) is 2. The lowest BCUT2D eigenvalue weighted by Crippen LogP contribution is -2.44. The second-order valence-electron chi connectivity index (χ2n) is 7.63. The summed E-state index contributed by atoms with van der Waals surface area (Å²) in [7, 11) is -1.60. The fraction of sp³-hybridized carbons (Fsp3) is 0.435. The lowest BCUT2D eigenvalue weighted by atomic mass is 9.98. The van der Waals surface area contributed by atoms with Gasteiger partial charge < -0.3 is 10.6 Å². The van der Waals surface area contributed by atoms with Gasteiger partial charge in [0.1, 0.15) is 0 Å². The lowest BCUT2D eigenvalue weighted by molar-refractivity contribution is 0.273. The van der Waals surface area contributed by atoms with Crippen LogP contribution in [-0.2, 0) is 16.4 Å². The number of sulfonamides is 1. The Morgan fingerprint density at radius 2 is 1.63 bits per heavy atom. The number of nitrogens with zero attached hydrogens (tertiary/aromatic N) is 2. The van der Waals surface area contributed by atoms with E-state index < -0.39 is 10.0 Å². The lowest BCUT2D eigenvalue weighted by Gasteiger charge is -2.31. The summed E-state index contributed by atoms with van der Waals surface area (Å²) in [5.41, 5.74) is 1.35. The molecule has 0 aliphatic carbocycles. The molecule has 0 radical (unpaired) electrons. The van der Waals surface area contributed by atoms with Crippen LogP contribution in [0.2, 0.25) is 0 Å². The smallest absolute Gasteiger partial charge is 0.243 e. The highest BCUT2D eigenvalue weighted by Gasteiger charge is 2.29. The molecule has 2 aromatic rings. The fourth-order valence-electron chi connectivity index (χ4n) is 3.70. The number of benzene rings is 2. The van der Waals surface area contributed by atoms with Crippen molar-refractivity contribution in [2.24, 2.45) is 10.9 Å². The Labute approximate surface area is 180 Å². The maximum atomic E-state index is 12.7. The van der Waals surface area contributed by atoms with Gasteiger partial charge in [0.25, 0.3) is 0 Å². The topological polar surface area (TPSA) is 73.8 Å². The molecule has 162 valence electrons. The quantitative estimate of drug-likeness (QED) is 0.385. The minimum atomic E-state index is -3.38. The van der Waals surface area contributed by atoms with Gasteiger partial charge in [-0.2, -0.15) is 4.31 Å². The summed E-state index contributed by atoms with van der Waals surface area (Å²) in [5, 5.41) is 6.76. The maximum absolute atomic E-state index is 12.7. The molecule has 30 heavy (non-hydrogen) atoms. The molecule has 0 saturated carbocycles. The van der Waals surface area contributed by atoms with E-state index in [0.29, 0.717) is 23.9 Å². The third kappa shape index (κ3) is 6.31. The first-order valence-electron chi connectivity index (χ1n) is 10.6. The summed E-state index contributed by atoms with van der Waals surface area (Å²) in [4.78, 5) is 4.68. The highest BCUT2D eigenvalue weighted by Crippen LogP contribution is 2.23. The zero-order valence-electron chi connectivity index (χ0n) is 17.6. The molecule has 1 saturated heterocycles. The Kier molecular flexibility index (Phi) is 8.28. The third-order valence-electron chi connectivity index (χ3n) is 5.51. The van der Waals surface area contributed by atoms with Crippen molar-refractivity contribution in [1.29, 1.82) is 0 Å². The summed E-state index contributed by atoms with van der Waals surface area (Å²) in [6.45, 7) is 2.79. The minimum absolute atomic E-state index is 0.377. The molecule has 0 unspecified atom stereocenters. The van der Waals surface area contributed by atoms with Gasteiger partial charge in [-0.3, -0.25) is 4.99 Å². The Bertz CT molecular complexity index is 893. The summed E-state index contributed by atoms with van der Waals surface area (Å²) >= 11 is 0. The predicted molar refractivity (Wildman–Crippen MR) is 122 cm³/mol. The Hall–Kier alpha value is -2.38. The average molecular weight is 429 g/mol. The number of aliphatic imine (C=N–C) groups is 1. The maximum Gasteiger partial charge on any atom is 0.243 e. The van der Waals surface area contributed by atoms with Crippen LogP contribution >= 0.6 is 0 Å². The van der Waals surface area contributed by atoms with E-state index in [1.807, 2.05) is 12.1 Å². The highest BCUT2D eigenvalue weighted by molar-refractivity contribution is 7.89. The molecule has 1 fully saturated rings. The van der Waals surface area contributed by atoms with Crippen molar-refractivity contribution in [3.63, 3.8) is 0 Å². The number of guanidine groups is 1. The van der Waals surface area contributed by atoms with E-state index in [0.717, 1.165) is 44.7 Å². The van der Waals surface area contributed by atoms with Gasteiger partial charge >= 0.3 is 0 Å². The van der Waals surface area contributed by atoms with Crippen molar-refractivity contribution in [2.45, 2.75) is 30.6 Å². The minimum Gasteiger partial charge on any atom is -0.356 e. The van der Waals surface area contributed by atoms with Crippen LogP contribution in [0, 0.1) is 5.92 Å². The zero-order chi connectivity index (χ0) is 21.2. The van der Waals surface area contributed by atoms with Crippen LogP contribution < -0.4 is 10.6 Å². The third-order valence-corrected chi connectivity index (χ3v) is 7.43. The molecule has 0 atom stereocenters. The second-order valence-corrected chi connectivity index (χ2v) is 9.57. The molecule has 0 aromatic heterocycles. The largest absolute Gasteiger partial charge is 0.356 e. The monoisotopic (exact) mass is 428 g/mol. The van der Waals surface area contributed by atoms with Gasteiger partial charge in [0, 0.05) is 33.2 Å². The summed E-state index contributed by atoms with van der Waals surface area (Å²) in [6, 6.07) is 19.2. The van der Waals surface area contributed by atoms with Crippen molar-refractivity contribution in [3.05, 3.63) is 66.2 Å². The van der Waals surface area contributed by atoms with Crippen molar-refractivity contribution in [2.75, 3.05) is 33.2 Å². The molecule has 0 bridgehead atoms. The van der Waals surface area contributed by atoms with E-state index in [4.69, 9.17) is 0 Å². The Balaban J connectivity index is 1.37. The molecular formula is C23H32N4O2S. The van der Waals surface area contributed by atoms with E-state index >= 15 is 0 Å². The standard InChI is InChI=1S/C23H32N4O2S/c1-24-23(25-16-8-11-20-9-4-2-5-10-20)26-19-21-14-17-27(18-15-21)30(28,29)22-12-6-3-7-13-22/h2-7,9-10,12-13,21H,8,11,14-19H2,1H3,(H2,24,25,26). The van der Waals surface area contributed by atoms with Gasteiger partial charge in [-0.15, -0.1) is 0 Å². The molecule has 0 spiro atoms. The van der Waals surface area contributed by atoms with Crippen molar-refractivity contribution < 1.29 is 8.42 Å². The van der Waals surface area contributed by atoms with Crippen LogP contribution in [0.15, 0.2) is 70.6 Å². The first kappa shape index (κ1) is 22.3. The first-order chi connectivity index (χ1) is 14.6. The summed E-state index contributed by atoms with van der Waals surface area (Å²) in [5.74, 6) is 1.25. The molecule has 1 heterocycles. The molecule has 7 heteroatoms. The molecule has 1 aliphatic rings. The fourth-order valence-corrected chi connectivity index (χ4v) is 5.19. The summed E-state index contributed by atoms with van der Waals surface area (Å²) < 4.78 is 27.1. The van der Waals surface area contributed by atoms with Crippen LogP contribution in [-0.4, -0.2) is 51.9 Å². The number of aryl methyl sites for hydroxylation is 1. The van der Waals surface area contributed by atoms with Crippen molar-refractivity contribution in [1.82, 2.24) is 14.9 Å². The van der Waals surface area contributed by atoms with Gasteiger partial charge in [-0.05, 0) is 49.3 Å². The predicted octanol–water partition coefficient (Wildman–Crippen LogP) is 2.89. The van der Waals surface area contributed by atoms with Gasteiger partial charge in [-0.25, -0.2) is 8.42 Å². The van der Waals surface area contributed by atoms with E-state index in [1.165, 1.54) is 5.56 Å². The SMILES string of the molecule is CN=C(NCCCc1ccccc1)NCC1CCN(S(=O)(=O)c2ccccc2)CC1. The van der Waals surface area contributed by atoms with E-state index in [-0.39, 0.29) is 0 Å². The highest BCUT2D eigenvalue weighted by atomic mass is 32.2. The van der Waals surface area contributed by atoms with Gasteiger partial charge in [0.2, 0.25) is 10.0 Å². The molecule has 3 rings (SSSR count). The molecule has 0 amide bonds. The van der Waals surface area contributed by atoms with E-state index in [9.17, 15) is 8.42 Å². The summed E-state index contributed by atoms with van der Waals surface area (Å²) in [6.07, 6.45) is 3.79. The van der Waals surface area contributed by atoms with Gasteiger partial charge in [0.05, 0.1) is 4.90 Å². The van der Waals surface area contributed by atoms with Crippen LogP contribution in [0.3, 0.4) is 0 Å². The molecule has 2 N–H and O–H groups in total. The number of nitrogens with one attached hydrogen (secondary N) is 2. The average Bonchev–Trinajstić information content (AvgIpc) is 2.80. The number of rotatable bonds is 8. The van der Waals surface area contributed by atoms with Crippen molar-refractivity contribution >= 4 is 16.0 Å². The molecular weight excluding hydrogens is 396 g/mol.